The Kier molecular flexibility index (Phi) is 6.89. The molecule has 4 rings (SSSR count). The van der Waals surface area contributed by atoms with Crippen LogP contribution in [-0.2, 0) is 0 Å². The van der Waals surface area contributed by atoms with Crippen LogP contribution in [0, 0.1) is 0 Å². The highest BCUT2D eigenvalue weighted by Gasteiger charge is 2.31. The van der Waals surface area contributed by atoms with Gasteiger partial charge in [0.15, 0.2) is 5.96 Å². The van der Waals surface area contributed by atoms with E-state index in [1.54, 1.807) is 0 Å². The molecule has 2 atom stereocenters. The van der Waals surface area contributed by atoms with Crippen molar-refractivity contribution in [3.8, 4) is 0 Å². The molecule has 0 bridgehead atoms. The Morgan fingerprint density at radius 1 is 0.935 bits per heavy atom. The van der Waals surface area contributed by atoms with Gasteiger partial charge in [-0.15, -0.1) is 0 Å². The average Bonchev–Trinajstić information content (AvgIpc) is 2.84. The maximum atomic E-state index is 5.37. The number of aromatic nitrogens is 2. The van der Waals surface area contributed by atoms with Crippen molar-refractivity contribution >= 4 is 5.96 Å². The van der Waals surface area contributed by atoms with Crippen molar-refractivity contribution in [2.75, 3.05) is 26.2 Å². The molecule has 2 aromatic rings. The summed E-state index contributed by atoms with van der Waals surface area (Å²) in [6.07, 6.45) is 13.7. The molecule has 5 nitrogen and oxygen atoms in total. The van der Waals surface area contributed by atoms with E-state index in [2.05, 4.69) is 64.8 Å². The van der Waals surface area contributed by atoms with Gasteiger partial charge in [0.2, 0.25) is 0 Å². The Morgan fingerprint density at radius 2 is 1.45 bits per heavy atom. The highest BCUT2D eigenvalue weighted by Crippen LogP contribution is 2.31. The van der Waals surface area contributed by atoms with Crippen LogP contribution in [0.4, 0.5) is 0 Å². The molecule has 4 heterocycles. The molecule has 2 saturated heterocycles. The lowest BCUT2D eigenvalue weighted by Gasteiger charge is -2.43. The van der Waals surface area contributed by atoms with Crippen molar-refractivity contribution < 1.29 is 0 Å². The minimum Gasteiger partial charge on any atom is -0.342 e. The minimum atomic E-state index is -0.0577. The number of rotatable bonds is 4. The summed E-state index contributed by atoms with van der Waals surface area (Å²) in [5.74, 6) is 2.25. The van der Waals surface area contributed by atoms with Gasteiger partial charge in [-0.3, -0.25) is 9.97 Å². The van der Waals surface area contributed by atoms with Gasteiger partial charge in [0.05, 0.1) is 5.54 Å². The lowest BCUT2D eigenvalue weighted by molar-refractivity contribution is 0.227. The van der Waals surface area contributed by atoms with Gasteiger partial charge in [0.1, 0.15) is 0 Å². The number of likely N-dealkylation sites (tertiary alicyclic amines) is 2. The molecule has 5 heteroatoms. The van der Waals surface area contributed by atoms with Crippen LogP contribution >= 0.6 is 0 Å². The SMILES string of the molecule is CCC(C)(C)N=C(N1CCCC(c2cccnc2)C1)N1CCCC(c2cccnc2)C1. The fourth-order valence-electron chi connectivity index (χ4n) is 4.79. The average molecular weight is 420 g/mol. The van der Waals surface area contributed by atoms with Crippen LogP contribution in [0.5, 0.6) is 0 Å². The van der Waals surface area contributed by atoms with Crippen molar-refractivity contribution in [1.82, 2.24) is 19.8 Å². The van der Waals surface area contributed by atoms with E-state index in [1.807, 2.05) is 24.8 Å². The third-order valence-electron chi connectivity index (χ3n) is 6.99. The number of guanidine groups is 1. The van der Waals surface area contributed by atoms with E-state index >= 15 is 0 Å². The van der Waals surface area contributed by atoms with Crippen LogP contribution in [0.15, 0.2) is 54.0 Å². The molecule has 2 unspecified atom stereocenters. The quantitative estimate of drug-likeness (QED) is 0.512. The summed E-state index contributed by atoms with van der Waals surface area (Å²) in [5, 5.41) is 0. The van der Waals surface area contributed by atoms with Crippen molar-refractivity contribution in [2.24, 2.45) is 4.99 Å². The largest absolute Gasteiger partial charge is 0.342 e. The molecule has 31 heavy (non-hydrogen) atoms. The second-order valence-electron chi connectivity index (χ2n) is 9.72. The van der Waals surface area contributed by atoms with Gasteiger partial charge in [0, 0.05) is 62.8 Å². The van der Waals surface area contributed by atoms with Gasteiger partial charge >= 0.3 is 0 Å². The Hall–Kier alpha value is -2.43. The standard InChI is InChI=1S/C26H37N5/c1-4-26(2,3)29-25(30-15-7-11-23(19-30)21-9-5-13-27-17-21)31-16-8-12-24(20-31)22-10-6-14-28-18-22/h5-6,9-10,13-14,17-18,23-24H,4,7-8,11-12,15-16,19-20H2,1-3H3. The highest BCUT2D eigenvalue weighted by atomic mass is 15.4. The molecule has 0 aliphatic carbocycles. The predicted molar refractivity (Wildman–Crippen MR) is 127 cm³/mol. The molecule has 0 aromatic carbocycles. The second-order valence-corrected chi connectivity index (χ2v) is 9.72. The minimum absolute atomic E-state index is 0.0577. The van der Waals surface area contributed by atoms with Crippen molar-refractivity contribution in [3.05, 3.63) is 60.2 Å². The molecular weight excluding hydrogens is 382 g/mol. The molecule has 0 saturated carbocycles. The Morgan fingerprint density at radius 3 is 1.87 bits per heavy atom. The number of hydrogen-bond acceptors (Lipinski definition) is 3. The molecule has 166 valence electrons. The van der Waals surface area contributed by atoms with Gasteiger partial charge in [-0.2, -0.15) is 0 Å². The molecule has 0 amide bonds. The van der Waals surface area contributed by atoms with Crippen LogP contribution in [0.3, 0.4) is 0 Å². The van der Waals surface area contributed by atoms with Gasteiger partial charge in [-0.25, -0.2) is 4.99 Å². The fraction of sp³-hybridized carbons (Fsp3) is 0.577. The summed E-state index contributed by atoms with van der Waals surface area (Å²) < 4.78 is 0. The van der Waals surface area contributed by atoms with Crippen LogP contribution in [-0.4, -0.2) is 57.4 Å². The first-order valence-electron chi connectivity index (χ1n) is 12.0. The summed E-state index contributed by atoms with van der Waals surface area (Å²) in [5.41, 5.74) is 2.65. The van der Waals surface area contributed by atoms with E-state index in [9.17, 15) is 0 Å². The number of hydrogen-bond donors (Lipinski definition) is 0. The van der Waals surface area contributed by atoms with E-state index in [0.717, 1.165) is 32.6 Å². The van der Waals surface area contributed by atoms with Crippen molar-refractivity contribution in [1.29, 1.82) is 0 Å². The summed E-state index contributed by atoms with van der Waals surface area (Å²) in [4.78, 5) is 19.2. The molecule has 2 fully saturated rings. The molecule has 0 spiro atoms. The van der Waals surface area contributed by atoms with Gasteiger partial charge < -0.3 is 9.80 Å². The van der Waals surface area contributed by atoms with E-state index in [4.69, 9.17) is 4.99 Å². The fourth-order valence-corrected chi connectivity index (χ4v) is 4.79. The molecule has 2 aliphatic heterocycles. The third kappa shape index (κ3) is 5.44. The lowest BCUT2D eigenvalue weighted by Crippen LogP contribution is -2.52. The molecule has 0 radical (unpaired) electrons. The summed E-state index contributed by atoms with van der Waals surface area (Å²) >= 11 is 0. The number of pyridine rings is 2. The first-order chi connectivity index (χ1) is 15.1. The first kappa shape index (κ1) is 21.8. The smallest absolute Gasteiger partial charge is 0.197 e. The van der Waals surface area contributed by atoms with Crippen LogP contribution in [0.1, 0.15) is 75.8 Å². The summed E-state index contributed by atoms with van der Waals surface area (Å²) in [6.45, 7) is 11.0. The maximum absolute atomic E-state index is 5.37. The zero-order chi connectivity index (χ0) is 21.7. The van der Waals surface area contributed by atoms with Gasteiger partial charge in [-0.05, 0) is 69.2 Å². The Labute approximate surface area is 187 Å². The topological polar surface area (TPSA) is 44.6 Å². The number of piperidine rings is 2. The van der Waals surface area contributed by atoms with Crippen molar-refractivity contribution in [3.63, 3.8) is 0 Å². The molecule has 0 N–H and O–H groups in total. The first-order valence-corrected chi connectivity index (χ1v) is 12.0. The van der Waals surface area contributed by atoms with Crippen LogP contribution < -0.4 is 0 Å². The molecule has 2 aromatic heterocycles. The van der Waals surface area contributed by atoms with E-state index in [-0.39, 0.29) is 5.54 Å². The maximum Gasteiger partial charge on any atom is 0.197 e. The zero-order valence-corrected chi connectivity index (χ0v) is 19.4. The summed E-state index contributed by atoms with van der Waals surface area (Å²) in [7, 11) is 0. The molecule has 2 aliphatic rings. The highest BCUT2D eigenvalue weighted by molar-refractivity contribution is 5.81. The Bertz CT molecular complexity index is 787. The van der Waals surface area contributed by atoms with E-state index in [1.165, 1.54) is 42.8 Å². The van der Waals surface area contributed by atoms with Crippen LogP contribution in [0.25, 0.3) is 0 Å². The monoisotopic (exact) mass is 419 g/mol. The van der Waals surface area contributed by atoms with Crippen LogP contribution in [0.2, 0.25) is 0 Å². The van der Waals surface area contributed by atoms with E-state index < -0.39 is 0 Å². The number of nitrogens with zero attached hydrogens (tertiary/aromatic N) is 5. The Balaban J connectivity index is 1.58. The van der Waals surface area contributed by atoms with Gasteiger partial charge in [-0.1, -0.05) is 19.1 Å². The number of aliphatic imine (C=N–C) groups is 1. The zero-order valence-electron chi connectivity index (χ0n) is 19.4. The van der Waals surface area contributed by atoms with E-state index in [0.29, 0.717) is 11.8 Å². The van der Waals surface area contributed by atoms with Gasteiger partial charge in [0.25, 0.3) is 0 Å². The lowest BCUT2D eigenvalue weighted by atomic mass is 9.90. The normalized spacial score (nSPS) is 22.3. The predicted octanol–water partition coefficient (Wildman–Crippen LogP) is 5.08. The van der Waals surface area contributed by atoms with Crippen molar-refractivity contribution in [2.45, 2.75) is 70.3 Å². The molecular formula is C26H37N5. The third-order valence-corrected chi connectivity index (χ3v) is 6.99. The summed E-state index contributed by atoms with van der Waals surface area (Å²) in [6, 6.07) is 8.58. The second kappa shape index (κ2) is 9.80.